The lowest BCUT2D eigenvalue weighted by atomic mass is 10.1. The van der Waals surface area contributed by atoms with E-state index in [-0.39, 0.29) is 5.91 Å². The molecule has 2 aliphatic heterocycles. The summed E-state index contributed by atoms with van der Waals surface area (Å²) in [5.74, 6) is 0.146. The number of likely N-dealkylation sites (N-methyl/N-ethyl adjacent to an activating group) is 1. The van der Waals surface area contributed by atoms with Crippen molar-refractivity contribution in [2.45, 2.75) is 6.04 Å². The van der Waals surface area contributed by atoms with Gasteiger partial charge in [0, 0.05) is 63.1 Å². The number of amides is 1. The van der Waals surface area contributed by atoms with Crippen molar-refractivity contribution in [1.82, 2.24) is 14.7 Å². The van der Waals surface area contributed by atoms with Gasteiger partial charge in [-0.15, -0.1) is 6.58 Å². The van der Waals surface area contributed by atoms with Gasteiger partial charge < -0.3 is 15.1 Å². The van der Waals surface area contributed by atoms with Crippen LogP contribution in [0.2, 0.25) is 0 Å². The van der Waals surface area contributed by atoms with Crippen molar-refractivity contribution >= 4 is 11.6 Å². The number of nitrogens with one attached hydrogen (secondary N) is 1. The molecule has 1 aromatic carbocycles. The second kappa shape index (κ2) is 7.15. The quantitative estimate of drug-likeness (QED) is 0.852. The minimum Gasteiger partial charge on any atom is -0.382 e. The largest absolute Gasteiger partial charge is 0.382 e. The van der Waals surface area contributed by atoms with Crippen molar-refractivity contribution in [3.05, 3.63) is 42.5 Å². The van der Waals surface area contributed by atoms with Crippen molar-refractivity contribution in [1.29, 1.82) is 0 Å². The van der Waals surface area contributed by atoms with E-state index >= 15 is 0 Å². The summed E-state index contributed by atoms with van der Waals surface area (Å²) in [5.41, 5.74) is 1.78. The molecule has 0 unspecified atom stereocenters. The van der Waals surface area contributed by atoms with Crippen molar-refractivity contribution in [3.63, 3.8) is 0 Å². The zero-order valence-electron chi connectivity index (χ0n) is 13.9. The van der Waals surface area contributed by atoms with E-state index in [1.54, 1.807) is 0 Å². The van der Waals surface area contributed by atoms with Gasteiger partial charge in [-0.05, 0) is 31.3 Å². The first-order chi connectivity index (χ1) is 11.2. The smallest absolute Gasteiger partial charge is 0.253 e. The lowest BCUT2D eigenvalue weighted by Crippen LogP contribution is -2.62. The summed E-state index contributed by atoms with van der Waals surface area (Å²) in [6, 6.07) is 8.21. The van der Waals surface area contributed by atoms with E-state index in [9.17, 15) is 4.79 Å². The molecule has 0 spiro atoms. The Hall–Kier alpha value is -1.85. The number of carbonyl (C=O) groups is 1. The molecular formula is C18H26N4O. The maximum absolute atomic E-state index is 12.7. The Labute approximate surface area is 138 Å². The monoisotopic (exact) mass is 314 g/mol. The van der Waals surface area contributed by atoms with Crippen LogP contribution in [-0.4, -0.2) is 79.5 Å². The first-order valence-corrected chi connectivity index (χ1v) is 8.34. The van der Waals surface area contributed by atoms with E-state index in [2.05, 4.69) is 28.7 Å². The second-order valence-corrected chi connectivity index (χ2v) is 6.45. The Morgan fingerprint density at radius 1 is 1.22 bits per heavy atom. The average Bonchev–Trinajstić information content (AvgIpc) is 2.59. The van der Waals surface area contributed by atoms with Gasteiger partial charge in [-0.25, -0.2) is 0 Å². The lowest BCUT2D eigenvalue weighted by molar-refractivity contribution is 0.0190. The van der Waals surface area contributed by atoms with Gasteiger partial charge in [-0.2, -0.15) is 0 Å². The summed E-state index contributed by atoms with van der Waals surface area (Å²) < 4.78 is 0. The summed E-state index contributed by atoms with van der Waals surface area (Å²) in [5, 5.41) is 3.23. The van der Waals surface area contributed by atoms with Gasteiger partial charge in [0.05, 0.1) is 0 Å². The Morgan fingerprint density at radius 2 is 1.96 bits per heavy atom. The van der Waals surface area contributed by atoms with Gasteiger partial charge in [0.1, 0.15) is 0 Å². The van der Waals surface area contributed by atoms with Crippen molar-refractivity contribution in [2.75, 3.05) is 58.2 Å². The number of fused-ring (bicyclic) bond motifs is 1. The third-order valence-corrected chi connectivity index (χ3v) is 4.77. The fourth-order valence-corrected chi connectivity index (χ4v) is 3.40. The van der Waals surface area contributed by atoms with E-state index in [1.807, 2.05) is 35.2 Å². The maximum atomic E-state index is 12.7. The normalized spacial score (nSPS) is 22.5. The number of hydrogen-bond donors (Lipinski definition) is 1. The number of benzene rings is 1. The molecule has 1 aromatic rings. The van der Waals surface area contributed by atoms with Crippen molar-refractivity contribution in [3.8, 4) is 0 Å². The highest BCUT2D eigenvalue weighted by atomic mass is 16.2. The van der Waals surface area contributed by atoms with Crippen LogP contribution in [0.5, 0.6) is 0 Å². The zero-order chi connectivity index (χ0) is 16.2. The summed E-state index contributed by atoms with van der Waals surface area (Å²) in [7, 11) is 2.16. The number of anilines is 1. The average molecular weight is 314 g/mol. The van der Waals surface area contributed by atoms with E-state index in [1.165, 1.54) is 0 Å². The number of piperazine rings is 2. The van der Waals surface area contributed by atoms with Crippen LogP contribution in [0.3, 0.4) is 0 Å². The molecule has 0 saturated carbocycles. The molecule has 5 nitrogen and oxygen atoms in total. The van der Waals surface area contributed by atoms with E-state index in [0.29, 0.717) is 6.04 Å². The molecule has 0 bridgehead atoms. The van der Waals surface area contributed by atoms with Crippen LogP contribution >= 0.6 is 0 Å². The summed E-state index contributed by atoms with van der Waals surface area (Å²) >= 11 is 0. The fraction of sp³-hybridized carbons (Fsp3) is 0.500. The molecule has 1 N–H and O–H groups in total. The Balaban J connectivity index is 1.62. The molecule has 2 saturated heterocycles. The molecule has 124 valence electrons. The molecule has 1 atom stereocenters. The van der Waals surface area contributed by atoms with Gasteiger partial charge in [0.25, 0.3) is 5.91 Å². The molecule has 0 aromatic heterocycles. The van der Waals surface area contributed by atoms with Gasteiger partial charge in [-0.3, -0.25) is 9.69 Å². The number of carbonyl (C=O) groups excluding carboxylic acids is 1. The Bertz CT molecular complexity index is 557. The highest BCUT2D eigenvalue weighted by Gasteiger charge is 2.32. The van der Waals surface area contributed by atoms with Crippen LogP contribution in [-0.2, 0) is 0 Å². The SMILES string of the molecule is C=CCNc1ccc(C(=O)N2CCN3CCN(C)C[C@H]3C2)cc1. The third kappa shape index (κ3) is 3.74. The molecule has 3 rings (SSSR count). The minimum atomic E-state index is 0.146. The number of rotatable bonds is 4. The predicted molar refractivity (Wildman–Crippen MR) is 93.9 cm³/mol. The minimum absolute atomic E-state index is 0.146. The van der Waals surface area contributed by atoms with Crippen LogP contribution in [0.15, 0.2) is 36.9 Å². The van der Waals surface area contributed by atoms with E-state index < -0.39 is 0 Å². The van der Waals surface area contributed by atoms with Crippen LogP contribution in [0.1, 0.15) is 10.4 Å². The molecule has 2 heterocycles. The van der Waals surface area contributed by atoms with Crippen LogP contribution in [0.25, 0.3) is 0 Å². The summed E-state index contributed by atoms with van der Waals surface area (Å²) in [4.78, 5) is 19.6. The molecule has 2 aliphatic rings. The van der Waals surface area contributed by atoms with Crippen LogP contribution < -0.4 is 5.32 Å². The van der Waals surface area contributed by atoms with Crippen molar-refractivity contribution in [2.24, 2.45) is 0 Å². The zero-order valence-corrected chi connectivity index (χ0v) is 13.9. The highest BCUT2D eigenvalue weighted by Crippen LogP contribution is 2.18. The second-order valence-electron chi connectivity index (χ2n) is 6.45. The van der Waals surface area contributed by atoms with Crippen LogP contribution in [0.4, 0.5) is 5.69 Å². The number of hydrogen-bond acceptors (Lipinski definition) is 4. The van der Waals surface area contributed by atoms with Crippen LogP contribution in [0, 0.1) is 0 Å². The van der Waals surface area contributed by atoms with Crippen molar-refractivity contribution < 1.29 is 4.79 Å². The molecule has 2 fully saturated rings. The molecule has 5 heteroatoms. The molecule has 1 amide bonds. The standard InChI is InChI=1S/C18H26N4O/c1-3-8-19-16-6-4-15(5-7-16)18(23)22-12-11-21-10-9-20(2)13-17(21)14-22/h3-7,17,19H,1,8-14H2,2H3/t17-/m0/s1. The Morgan fingerprint density at radius 3 is 2.70 bits per heavy atom. The van der Waals surface area contributed by atoms with Gasteiger partial charge in [0.2, 0.25) is 0 Å². The predicted octanol–water partition coefficient (Wildman–Crippen LogP) is 1.36. The van der Waals surface area contributed by atoms with Gasteiger partial charge in [-0.1, -0.05) is 6.08 Å². The fourth-order valence-electron chi connectivity index (χ4n) is 3.40. The third-order valence-electron chi connectivity index (χ3n) is 4.77. The maximum Gasteiger partial charge on any atom is 0.253 e. The van der Waals surface area contributed by atoms with E-state index in [4.69, 9.17) is 0 Å². The van der Waals surface area contributed by atoms with Gasteiger partial charge >= 0.3 is 0 Å². The molecular weight excluding hydrogens is 288 g/mol. The lowest BCUT2D eigenvalue weighted by Gasteiger charge is -2.46. The highest BCUT2D eigenvalue weighted by molar-refractivity contribution is 5.94. The molecule has 0 aliphatic carbocycles. The first kappa shape index (κ1) is 16.0. The van der Waals surface area contributed by atoms with Gasteiger partial charge in [0.15, 0.2) is 0 Å². The van der Waals surface area contributed by atoms with E-state index in [0.717, 1.165) is 57.1 Å². The number of nitrogens with zero attached hydrogens (tertiary/aromatic N) is 3. The summed E-state index contributed by atoms with van der Waals surface area (Å²) in [6.07, 6.45) is 1.82. The topological polar surface area (TPSA) is 38.8 Å². The summed E-state index contributed by atoms with van der Waals surface area (Å²) in [6.45, 7) is 10.4. The first-order valence-electron chi connectivity index (χ1n) is 8.34. The molecule has 0 radical (unpaired) electrons. The molecule has 23 heavy (non-hydrogen) atoms. The Kier molecular flexibility index (Phi) is 4.98.